The van der Waals surface area contributed by atoms with Crippen LogP contribution in [0.1, 0.15) is 23.8 Å². The molecule has 1 saturated heterocycles. The van der Waals surface area contributed by atoms with Gasteiger partial charge in [-0.05, 0) is 12.3 Å². The highest BCUT2D eigenvalue weighted by molar-refractivity contribution is 7.91. The zero-order valence-electron chi connectivity index (χ0n) is 11.1. The number of rotatable bonds is 4. The molecule has 9 heteroatoms. The van der Waals surface area contributed by atoms with Gasteiger partial charge in [0.05, 0.1) is 25.3 Å². The van der Waals surface area contributed by atoms with Crippen molar-refractivity contribution in [2.24, 2.45) is 5.92 Å². The van der Waals surface area contributed by atoms with E-state index in [1.54, 1.807) is 0 Å². The summed E-state index contributed by atoms with van der Waals surface area (Å²) in [6.45, 7) is 1.98. The summed E-state index contributed by atoms with van der Waals surface area (Å²) in [6, 6.07) is -0.465. The maximum atomic E-state index is 12.6. The van der Waals surface area contributed by atoms with Gasteiger partial charge in [0.25, 0.3) is 10.0 Å². The first-order valence-corrected chi connectivity index (χ1v) is 8.40. The zero-order valence-corrected chi connectivity index (χ0v) is 12.8. The normalized spacial score (nSPS) is 23.9. The number of carbonyl (C=O) groups excluding carboxylic acids is 1. The number of aliphatic hydroxyl groups is 1. The van der Waals surface area contributed by atoms with Crippen molar-refractivity contribution in [3.63, 3.8) is 0 Å². The summed E-state index contributed by atoms with van der Waals surface area (Å²) in [5.41, 5.74) is 1.10. The van der Waals surface area contributed by atoms with E-state index in [1.807, 2.05) is 6.92 Å². The fraction of sp³-hybridized carbons (Fsp3) is 0.636. The Hall–Kier alpha value is -1.03. The molecule has 2 heterocycles. The molecule has 0 aliphatic carbocycles. The van der Waals surface area contributed by atoms with E-state index in [1.165, 1.54) is 16.9 Å². The Bertz CT molecular complexity index is 598. The summed E-state index contributed by atoms with van der Waals surface area (Å²) in [4.78, 5) is 15.3. The molecular formula is C11H16N2O5S2. The quantitative estimate of drug-likeness (QED) is 0.803. The topological polar surface area (TPSA) is 96.8 Å². The Morgan fingerprint density at radius 3 is 2.95 bits per heavy atom. The van der Waals surface area contributed by atoms with Gasteiger partial charge in [0.1, 0.15) is 0 Å². The summed E-state index contributed by atoms with van der Waals surface area (Å²) < 4.78 is 30.9. The predicted octanol–water partition coefficient (Wildman–Crippen LogP) is 0.321. The number of nitrogens with zero attached hydrogens (tertiary/aromatic N) is 2. The van der Waals surface area contributed by atoms with Crippen molar-refractivity contribution >= 4 is 27.3 Å². The molecule has 7 nitrogen and oxygen atoms in total. The number of sulfonamides is 1. The van der Waals surface area contributed by atoms with Crippen LogP contribution in [-0.2, 0) is 14.8 Å². The molecule has 0 bridgehead atoms. The molecule has 20 heavy (non-hydrogen) atoms. The minimum Gasteiger partial charge on any atom is -0.464 e. The van der Waals surface area contributed by atoms with Crippen molar-refractivity contribution in [2.45, 2.75) is 23.6 Å². The number of aromatic nitrogens is 1. The third kappa shape index (κ3) is 2.46. The molecule has 112 valence electrons. The van der Waals surface area contributed by atoms with E-state index in [2.05, 4.69) is 9.72 Å². The van der Waals surface area contributed by atoms with Gasteiger partial charge in [-0.25, -0.2) is 18.2 Å². The number of esters is 1. The van der Waals surface area contributed by atoms with Gasteiger partial charge in [0, 0.05) is 6.54 Å². The Labute approximate surface area is 121 Å². The van der Waals surface area contributed by atoms with Gasteiger partial charge in [0.15, 0.2) is 9.90 Å². The monoisotopic (exact) mass is 320 g/mol. The first-order valence-electron chi connectivity index (χ1n) is 6.08. The molecule has 1 aromatic heterocycles. The van der Waals surface area contributed by atoms with Gasteiger partial charge in [-0.1, -0.05) is 6.92 Å². The number of thiazole rings is 1. The molecule has 0 amide bonds. The molecule has 1 aliphatic rings. The maximum Gasteiger partial charge on any atom is 0.358 e. The van der Waals surface area contributed by atoms with Gasteiger partial charge in [-0.15, -0.1) is 11.3 Å². The Balaban J connectivity index is 2.41. The van der Waals surface area contributed by atoms with Crippen molar-refractivity contribution < 1.29 is 23.1 Å². The lowest BCUT2D eigenvalue weighted by Crippen LogP contribution is -2.40. The van der Waals surface area contributed by atoms with Crippen molar-refractivity contribution in [1.82, 2.24) is 9.29 Å². The van der Waals surface area contributed by atoms with Gasteiger partial charge >= 0.3 is 5.97 Å². The molecule has 1 aromatic rings. The van der Waals surface area contributed by atoms with Crippen LogP contribution in [0, 0.1) is 5.92 Å². The van der Waals surface area contributed by atoms with Crippen LogP contribution in [0.15, 0.2) is 9.72 Å². The van der Waals surface area contributed by atoms with Crippen LogP contribution in [-0.4, -0.2) is 55.1 Å². The van der Waals surface area contributed by atoms with E-state index in [0.29, 0.717) is 13.0 Å². The van der Waals surface area contributed by atoms with Gasteiger partial charge in [0.2, 0.25) is 0 Å². The first-order chi connectivity index (χ1) is 9.43. The largest absolute Gasteiger partial charge is 0.464 e. The summed E-state index contributed by atoms with van der Waals surface area (Å²) in [6.07, 6.45) is 0.677. The lowest BCUT2D eigenvalue weighted by molar-refractivity contribution is 0.0590. The fourth-order valence-corrected chi connectivity index (χ4v) is 5.27. The summed E-state index contributed by atoms with van der Waals surface area (Å²) in [7, 11) is -2.67. The number of methoxy groups -OCH3 is 1. The predicted molar refractivity (Wildman–Crippen MR) is 72.0 cm³/mol. The van der Waals surface area contributed by atoms with Crippen LogP contribution < -0.4 is 0 Å². The summed E-state index contributed by atoms with van der Waals surface area (Å²) >= 11 is 0.878. The molecule has 1 fully saturated rings. The maximum absolute atomic E-state index is 12.6. The summed E-state index contributed by atoms with van der Waals surface area (Å²) in [5.74, 6) is -0.707. The molecule has 2 atom stereocenters. The highest BCUT2D eigenvalue weighted by Gasteiger charge is 2.41. The molecule has 0 radical (unpaired) electrons. The number of carbonyl (C=O) groups is 1. The Kier molecular flexibility index (Phi) is 4.43. The second kappa shape index (κ2) is 5.76. The molecule has 0 spiro atoms. The van der Waals surface area contributed by atoms with Crippen molar-refractivity contribution in [1.29, 1.82) is 0 Å². The minimum atomic E-state index is -3.85. The lowest BCUT2D eigenvalue weighted by Gasteiger charge is -2.23. The molecule has 1 N–H and O–H groups in total. The smallest absolute Gasteiger partial charge is 0.358 e. The number of ether oxygens (including phenoxy) is 1. The average molecular weight is 320 g/mol. The molecular weight excluding hydrogens is 304 g/mol. The van der Waals surface area contributed by atoms with Gasteiger partial charge in [-0.3, -0.25) is 0 Å². The Morgan fingerprint density at radius 1 is 1.65 bits per heavy atom. The SMILES string of the molecule is COC(=O)c1ncsc1S(=O)(=O)N1CCC(C)C1CO. The number of hydrogen-bond donors (Lipinski definition) is 1. The standard InChI is InChI=1S/C11H16N2O5S2/c1-7-3-4-13(8(7)5-14)20(16,17)11-9(10(15)18-2)12-6-19-11/h6-8,14H,3-5H2,1-2H3. The molecule has 2 rings (SSSR count). The van der Waals surface area contributed by atoms with Gasteiger partial charge < -0.3 is 9.84 Å². The highest BCUT2D eigenvalue weighted by atomic mass is 32.2. The van der Waals surface area contributed by atoms with E-state index in [4.69, 9.17) is 0 Å². The van der Waals surface area contributed by atoms with E-state index in [-0.39, 0.29) is 22.4 Å². The van der Waals surface area contributed by atoms with Crippen LogP contribution in [0.3, 0.4) is 0 Å². The zero-order chi connectivity index (χ0) is 14.9. The molecule has 1 aliphatic heterocycles. The molecule has 2 unspecified atom stereocenters. The van der Waals surface area contributed by atoms with Gasteiger partial charge in [-0.2, -0.15) is 4.31 Å². The van der Waals surface area contributed by atoms with E-state index in [0.717, 1.165) is 11.3 Å². The third-order valence-electron chi connectivity index (χ3n) is 3.48. The van der Waals surface area contributed by atoms with Crippen molar-refractivity contribution in [3.05, 3.63) is 11.2 Å². The number of aliphatic hydroxyl groups excluding tert-OH is 1. The lowest BCUT2D eigenvalue weighted by atomic mass is 10.0. The molecule has 0 saturated carbocycles. The van der Waals surface area contributed by atoms with Crippen LogP contribution >= 0.6 is 11.3 Å². The van der Waals surface area contributed by atoms with Crippen molar-refractivity contribution in [2.75, 3.05) is 20.3 Å². The first kappa shape index (κ1) is 15.4. The van der Waals surface area contributed by atoms with E-state index < -0.39 is 22.0 Å². The van der Waals surface area contributed by atoms with Crippen molar-refractivity contribution in [3.8, 4) is 0 Å². The van der Waals surface area contributed by atoms with Crippen LogP contribution in [0.5, 0.6) is 0 Å². The highest BCUT2D eigenvalue weighted by Crippen LogP contribution is 2.32. The minimum absolute atomic E-state index is 0.0734. The Morgan fingerprint density at radius 2 is 2.35 bits per heavy atom. The molecule has 0 aromatic carbocycles. The number of hydrogen-bond acceptors (Lipinski definition) is 7. The second-order valence-corrected chi connectivity index (χ2v) is 7.55. The van der Waals surface area contributed by atoms with Crippen LogP contribution in [0.25, 0.3) is 0 Å². The third-order valence-corrected chi connectivity index (χ3v) is 6.75. The van der Waals surface area contributed by atoms with Crippen LogP contribution in [0.4, 0.5) is 0 Å². The second-order valence-electron chi connectivity index (χ2n) is 4.61. The van der Waals surface area contributed by atoms with E-state index in [9.17, 15) is 18.3 Å². The summed E-state index contributed by atoms with van der Waals surface area (Å²) in [5, 5.41) is 9.38. The van der Waals surface area contributed by atoms with Crippen LogP contribution in [0.2, 0.25) is 0 Å². The van der Waals surface area contributed by atoms with E-state index >= 15 is 0 Å². The fourth-order valence-electron chi connectivity index (χ4n) is 2.30. The average Bonchev–Trinajstić information content (AvgIpc) is 3.04.